The first-order valence-corrected chi connectivity index (χ1v) is 10.3. The molecule has 0 aromatic carbocycles. The molecule has 0 spiro atoms. The first-order valence-electron chi connectivity index (χ1n) is 9.44. The average molecular weight is 414 g/mol. The molecule has 0 aliphatic carbocycles. The minimum atomic E-state index is 0.0243. The maximum atomic E-state index is 12.7. The van der Waals surface area contributed by atoms with E-state index in [1.807, 2.05) is 42.6 Å². The number of aryl methyl sites for hydroxylation is 1. The van der Waals surface area contributed by atoms with Gasteiger partial charge in [-0.05, 0) is 18.4 Å². The minimum Gasteiger partial charge on any atom is -0.443 e. The number of guanidine groups is 1. The summed E-state index contributed by atoms with van der Waals surface area (Å²) >= 11 is 1.58. The predicted octanol–water partition coefficient (Wildman–Crippen LogP) is 1.95. The highest BCUT2D eigenvalue weighted by Gasteiger charge is 2.27. The van der Waals surface area contributed by atoms with E-state index >= 15 is 0 Å². The van der Waals surface area contributed by atoms with Gasteiger partial charge in [-0.2, -0.15) is 5.10 Å². The van der Waals surface area contributed by atoms with Crippen molar-refractivity contribution in [1.29, 1.82) is 0 Å². The van der Waals surface area contributed by atoms with Gasteiger partial charge in [0.1, 0.15) is 18.5 Å². The molecular formula is C19H23N7O2S. The number of carbonyl (C=O) groups excluding carboxylic acids is 1. The van der Waals surface area contributed by atoms with Crippen molar-refractivity contribution in [3.05, 3.63) is 41.9 Å². The van der Waals surface area contributed by atoms with Gasteiger partial charge in [0.05, 0.1) is 23.3 Å². The van der Waals surface area contributed by atoms with Gasteiger partial charge in [0.2, 0.25) is 11.8 Å². The molecule has 3 aromatic heterocycles. The third kappa shape index (κ3) is 4.32. The van der Waals surface area contributed by atoms with Gasteiger partial charge < -0.3 is 19.5 Å². The Labute approximate surface area is 172 Å². The number of anilines is 1. The Bertz CT molecular complexity index is 992. The largest absolute Gasteiger partial charge is 0.443 e. The van der Waals surface area contributed by atoms with Gasteiger partial charge in [0.25, 0.3) is 0 Å². The van der Waals surface area contributed by atoms with Gasteiger partial charge in [-0.1, -0.05) is 6.07 Å². The molecule has 1 fully saturated rings. The van der Waals surface area contributed by atoms with Crippen LogP contribution in [0.15, 0.2) is 45.6 Å². The summed E-state index contributed by atoms with van der Waals surface area (Å²) in [7, 11) is 1.84. The summed E-state index contributed by atoms with van der Waals surface area (Å²) in [6.45, 7) is 4.64. The normalized spacial score (nSPS) is 15.2. The van der Waals surface area contributed by atoms with E-state index < -0.39 is 0 Å². The third-order valence-corrected chi connectivity index (χ3v) is 5.39. The molecule has 0 atom stereocenters. The van der Waals surface area contributed by atoms with E-state index in [2.05, 4.69) is 20.4 Å². The van der Waals surface area contributed by atoms with Gasteiger partial charge in [-0.3, -0.25) is 9.48 Å². The SMILES string of the molecule is CCNC(=NCc1coc(-c2cccs2)n1)N1CCN(c2cnn(C)c2)C(=O)C1. The lowest BCUT2D eigenvalue weighted by Crippen LogP contribution is -2.55. The predicted molar refractivity (Wildman–Crippen MR) is 112 cm³/mol. The topological polar surface area (TPSA) is 91.8 Å². The molecule has 3 aromatic rings. The zero-order valence-electron chi connectivity index (χ0n) is 16.4. The van der Waals surface area contributed by atoms with Crippen LogP contribution in [0.3, 0.4) is 0 Å². The lowest BCUT2D eigenvalue weighted by molar-refractivity contribution is -0.120. The van der Waals surface area contributed by atoms with E-state index in [0.29, 0.717) is 31.5 Å². The highest BCUT2D eigenvalue weighted by Crippen LogP contribution is 2.24. The number of nitrogens with zero attached hydrogens (tertiary/aromatic N) is 6. The zero-order valence-corrected chi connectivity index (χ0v) is 17.2. The minimum absolute atomic E-state index is 0.0243. The van der Waals surface area contributed by atoms with Crippen molar-refractivity contribution in [3.63, 3.8) is 0 Å². The first kappa shape index (κ1) is 19.2. The number of piperazine rings is 1. The average Bonchev–Trinajstić information content (AvgIpc) is 3.46. The highest BCUT2D eigenvalue weighted by molar-refractivity contribution is 7.13. The van der Waals surface area contributed by atoms with Crippen molar-refractivity contribution < 1.29 is 9.21 Å². The van der Waals surface area contributed by atoms with Crippen LogP contribution in [0.25, 0.3) is 10.8 Å². The lowest BCUT2D eigenvalue weighted by Gasteiger charge is -2.35. The van der Waals surface area contributed by atoms with Crippen molar-refractivity contribution in [2.24, 2.45) is 12.0 Å². The van der Waals surface area contributed by atoms with Crippen LogP contribution in [0.1, 0.15) is 12.6 Å². The molecule has 0 saturated carbocycles. The summed E-state index contributed by atoms with van der Waals surface area (Å²) in [4.78, 5) is 26.6. The summed E-state index contributed by atoms with van der Waals surface area (Å²) in [5, 5.41) is 9.41. The third-order valence-electron chi connectivity index (χ3n) is 4.53. The summed E-state index contributed by atoms with van der Waals surface area (Å²) in [5.41, 5.74) is 1.58. The van der Waals surface area contributed by atoms with E-state index in [4.69, 9.17) is 4.42 Å². The van der Waals surface area contributed by atoms with E-state index in [0.717, 1.165) is 22.8 Å². The molecule has 1 amide bonds. The Hall–Kier alpha value is -3.14. The highest BCUT2D eigenvalue weighted by atomic mass is 32.1. The van der Waals surface area contributed by atoms with Crippen LogP contribution in [-0.2, 0) is 18.4 Å². The van der Waals surface area contributed by atoms with E-state index in [9.17, 15) is 4.79 Å². The Morgan fingerprint density at radius 1 is 1.41 bits per heavy atom. The van der Waals surface area contributed by atoms with Gasteiger partial charge in [0, 0.05) is 32.9 Å². The van der Waals surface area contributed by atoms with Gasteiger partial charge >= 0.3 is 0 Å². The van der Waals surface area contributed by atoms with Crippen molar-refractivity contribution in [1.82, 2.24) is 25.0 Å². The molecule has 0 unspecified atom stereocenters. The fraction of sp³-hybridized carbons (Fsp3) is 0.368. The van der Waals surface area contributed by atoms with Crippen molar-refractivity contribution >= 4 is 28.9 Å². The summed E-state index contributed by atoms with van der Waals surface area (Å²) in [5.74, 6) is 1.33. The molecule has 9 nitrogen and oxygen atoms in total. The van der Waals surface area contributed by atoms with Gasteiger partial charge in [-0.25, -0.2) is 9.98 Å². The first-order chi connectivity index (χ1) is 14.1. The van der Waals surface area contributed by atoms with Crippen LogP contribution in [0.4, 0.5) is 5.69 Å². The van der Waals surface area contributed by atoms with Crippen LogP contribution in [0.2, 0.25) is 0 Å². The molecule has 0 radical (unpaired) electrons. The zero-order chi connectivity index (χ0) is 20.2. The summed E-state index contributed by atoms with van der Waals surface area (Å²) in [6.07, 6.45) is 5.19. The molecule has 0 bridgehead atoms. The van der Waals surface area contributed by atoms with Crippen molar-refractivity contribution in [3.8, 4) is 10.8 Å². The number of hydrogen-bond donors (Lipinski definition) is 1. The van der Waals surface area contributed by atoms with Gasteiger partial charge in [-0.15, -0.1) is 11.3 Å². The number of nitrogens with one attached hydrogen (secondary N) is 1. The van der Waals surface area contributed by atoms with Crippen LogP contribution in [0.5, 0.6) is 0 Å². The van der Waals surface area contributed by atoms with Crippen LogP contribution < -0.4 is 10.2 Å². The molecule has 1 aliphatic rings. The smallest absolute Gasteiger partial charge is 0.246 e. The second kappa shape index (κ2) is 8.48. The van der Waals surface area contributed by atoms with Crippen LogP contribution in [-0.4, -0.2) is 57.7 Å². The fourth-order valence-electron chi connectivity index (χ4n) is 3.15. The number of oxazole rings is 1. The molecule has 1 saturated heterocycles. The van der Waals surface area contributed by atoms with Crippen molar-refractivity contribution in [2.45, 2.75) is 13.5 Å². The number of carbonyl (C=O) groups is 1. The molecular weight excluding hydrogens is 390 g/mol. The van der Waals surface area contributed by atoms with E-state index in [1.165, 1.54) is 0 Å². The van der Waals surface area contributed by atoms with Gasteiger partial charge in [0.15, 0.2) is 5.96 Å². The summed E-state index contributed by atoms with van der Waals surface area (Å²) in [6, 6.07) is 3.94. The van der Waals surface area contributed by atoms with Crippen LogP contribution in [0, 0.1) is 0 Å². The monoisotopic (exact) mass is 413 g/mol. The number of rotatable bonds is 5. The maximum absolute atomic E-state index is 12.7. The Balaban J connectivity index is 1.43. The molecule has 4 rings (SSSR count). The number of amides is 1. The second-order valence-electron chi connectivity index (χ2n) is 6.63. The number of thiophene rings is 1. The number of aliphatic imine (C=N–C) groups is 1. The lowest BCUT2D eigenvalue weighted by atomic mass is 10.3. The molecule has 152 valence electrons. The standard InChI is InChI=1S/C19H23N7O2S/c1-3-20-19(21-9-14-13-28-18(23-14)16-5-4-8-29-16)25-6-7-26(17(27)12-25)15-10-22-24(2)11-15/h4-5,8,10-11,13H,3,6-7,9,12H2,1-2H3,(H,20,21). The molecule has 29 heavy (non-hydrogen) atoms. The van der Waals surface area contributed by atoms with E-state index in [-0.39, 0.29) is 12.5 Å². The Morgan fingerprint density at radius 2 is 2.31 bits per heavy atom. The Kier molecular flexibility index (Phi) is 5.61. The molecule has 1 aliphatic heterocycles. The van der Waals surface area contributed by atoms with Crippen LogP contribution >= 0.6 is 11.3 Å². The molecule has 10 heteroatoms. The number of hydrogen-bond acceptors (Lipinski definition) is 6. The van der Waals surface area contributed by atoms with E-state index in [1.54, 1.807) is 33.4 Å². The molecule has 4 heterocycles. The maximum Gasteiger partial charge on any atom is 0.246 e. The second-order valence-corrected chi connectivity index (χ2v) is 7.58. The Morgan fingerprint density at radius 3 is 3.00 bits per heavy atom. The van der Waals surface area contributed by atoms with Crippen molar-refractivity contribution in [2.75, 3.05) is 31.1 Å². The number of aromatic nitrogens is 3. The fourth-order valence-corrected chi connectivity index (χ4v) is 3.80. The summed E-state index contributed by atoms with van der Waals surface area (Å²) < 4.78 is 7.25. The quantitative estimate of drug-likeness (QED) is 0.508. The molecule has 1 N–H and O–H groups in total.